The van der Waals surface area contributed by atoms with Crippen molar-refractivity contribution in [1.29, 1.82) is 0 Å². The SMILES string of the molecule is CCN(CC)C(=O)c1ccc(OBOc2ccc(C(=O)N(CC)CC)cc2)cc1. The summed E-state index contributed by atoms with van der Waals surface area (Å²) < 4.78 is 11.2. The number of amides is 2. The summed E-state index contributed by atoms with van der Waals surface area (Å²) >= 11 is 0. The van der Waals surface area contributed by atoms with Crippen molar-refractivity contribution in [2.24, 2.45) is 0 Å². The first-order valence-electron chi connectivity index (χ1n) is 10.1. The van der Waals surface area contributed by atoms with Gasteiger partial charge in [-0.2, -0.15) is 0 Å². The lowest BCUT2D eigenvalue weighted by Gasteiger charge is -2.19. The highest BCUT2D eigenvalue weighted by Gasteiger charge is 2.13. The first-order valence-corrected chi connectivity index (χ1v) is 10.1. The van der Waals surface area contributed by atoms with Crippen LogP contribution in [-0.4, -0.2) is 55.5 Å². The maximum absolute atomic E-state index is 12.3. The van der Waals surface area contributed by atoms with Crippen LogP contribution in [-0.2, 0) is 0 Å². The molecular formula is C22H29BN2O4. The summed E-state index contributed by atoms with van der Waals surface area (Å²) in [5.41, 5.74) is 1.27. The third-order valence-electron chi connectivity index (χ3n) is 4.76. The molecule has 0 saturated heterocycles. The lowest BCUT2D eigenvalue weighted by molar-refractivity contribution is 0.0765. The molecule has 0 bridgehead atoms. The maximum atomic E-state index is 12.3. The molecule has 2 aromatic rings. The predicted molar refractivity (Wildman–Crippen MR) is 116 cm³/mol. The van der Waals surface area contributed by atoms with Crippen LogP contribution >= 0.6 is 0 Å². The standard InChI is InChI=1S/C22H29BN2O4/c1-5-24(6-2)21(26)17-9-13-19(14-10-17)28-23-29-20-15-11-18(12-16-20)22(27)25(7-3)8-4/h9-16,23H,5-8H2,1-4H3. The van der Waals surface area contributed by atoms with Gasteiger partial charge in [0.1, 0.15) is 11.5 Å². The van der Waals surface area contributed by atoms with Crippen molar-refractivity contribution in [2.45, 2.75) is 27.7 Å². The summed E-state index contributed by atoms with van der Waals surface area (Å²) in [5, 5.41) is 0. The summed E-state index contributed by atoms with van der Waals surface area (Å²) in [6.45, 7) is 10.6. The molecule has 0 spiro atoms. The molecule has 7 heteroatoms. The van der Waals surface area contributed by atoms with Crippen molar-refractivity contribution >= 4 is 19.5 Å². The van der Waals surface area contributed by atoms with Gasteiger partial charge in [-0.25, -0.2) is 0 Å². The second kappa shape index (κ2) is 11.1. The summed E-state index contributed by atoms with van der Waals surface area (Å²) in [4.78, 5) is 28.2. The van der Waals surface area contributed by atoms with Crippen molar-refractivity contribution in [1.82, 2.24) is 9.80 Å². The van der Waals surface area contributed by atoms with E-state index in [1.165, 1.54) is 0 Å². The molecular weight excluding hydrogens is 367 g/mol. The minimum Gasteiger partial charge on any atom is -0.529 e. The number of benzene rings is 2. The fourth-order valence-electron chi connectivity index (χ4n) is 2.94. The molecule has 29 heavy (non-hydrogen) atoms. The van der Waals surface area contributed by atoms with E-state index in [1.807, 2.05) is 27.7 Å². The normalized spacial score (nSPS) is 10.2. The average Bonchev–Trinajstić information content (AvgIpc) is 2.76. The fraction of sp³-hybridized carbons (Fsp3) is 0.364. The molecule has 0 aliphatic rings. The van der Waals surface area contributed by atoms with Gasteiger partial charge in [-0.3, -0.25) is 9.59 Å². The van der Waals surface area contributed by atoms with E-state index in [9.17, 15) is 9.59 Å². The molecule has 0 atom stereocenters. The Balaban J connectivity index is 1.87. The van der Waals surface area contributed by atoms with Crippen LogP contribution in [0, 0.1) is 0 Å². The van der Waals surface area contributed by atoms with Crippen LogP contribution < -0.4 is 9.31 Å². The Morgan fingerprint density at radius 1 is 0.655 bits per heavy atom. The van der Waals surface area contributed by atoms with Gasteiger partial charge in [-0.1, -0.05) is 0 Å². The zero-order chi connectivity index (χ0) is 21.2. The van der Waals surface area contributed by atoms with E-state index in [4.69, 9.17) is 9.31 Å². The summed E-state index contributed by atoms with van der Waals surface area (Å²) in [6.07, 6.45) is 0. The molecule has 2 rings (SSSR count). The van der Waals surface area contributed by atoms with Gasteiger partial charge in [-0.05, 0) is 76.2 Å². The minimum absolute atomic E-state index is 0.0112. The van der Waals surface area contributed by atoms with Gasteiger partial charge in [0.05, 0.1) is 0 Å². The molecule has 0 radical (unpaired) electrons. The minimum atomic E-state index is 0.0112. The van der Waals surface area contributed by atoms with Crippen molar-refractivity contribution in [3.8, 4) is 11.5 Å². The molecule has 0 aromatic heterocycles. The number of hydrogen-bond donors (Lipinski definition) is 0. The van der Waals surface area contributed by atoms with Gasteiger partial charge < -0.3 is 19.1 Å². The zero-order valence-electron chi connectivity index (χ0n) is 17.7. The Hall–Kier alpha value is -2.96. The van der Waals surface area contributed by atoms with E-state index in [1.54, 1.807) is 58.3 Å². The van der Waals surface area contributed by atoms with E-state index >= 15 is 0 Å². The van der Waals surface area contributed by atoms with E-state index in [0.29, 0.717) is 48.8 Å². The quantitative estimate of drug-likeness (QED) is 0.578. The summed E-state index contributed by atoms with van der Waals surface area (Å²) in [6, 6.07) is 14.0. The molecule has 0 fully saturated rings. The van der Waals surface area contributed by atoms with Gasteiger partial charge in [0.15, 0.2) is 0 Å². The average molecular weight is 396 g/mol. The Labute approximate surface area is 173 Å². The van der Waals surface area contributed by atoms with Crippen LogP contribution in [0.4, 0.5) is 0 Å². The second-order valence-electron chi connectivity index (χ2n) is 6.41. The molecule has 154 valence electrons. The van der Waals surface area contributed by atoms with Crippen LogP contribution in [0.3, 0.4) is 0 Å². The number of hydrogen-bond acceptors (Lipinski definition) is 4. The molecule has 0 aliphatic carbocycles. The van der Waals surface area contributed by atoms with Crippen molar-refractivity contribution < 1.29 is 18.9 Å². The number of rotatable bonds is 10. The van der Waals surface area contributed by atoms with Gasteiger partial charge >= 0.3 is 7.69 Å². The third-order valence-corrected chi connectivity index (χ3v) is 4.76. The Kier molecular flexibility index (Phi) is 8.58. The maximum Gasteiger partial charge on any atom is 0.576 e. The van der Waals surface area contributed by atoms with E-state index < -0.39 is 0 Å². The van der Waals surface area contributed by atoms with Crippen LogP contribution in [0.1, 0.15) is 48.4 Å². The monoisotopic (exact) mass is 396 g/mol. The molecule has 2 aromatic carbocycles. The molecule has 0 saturated carbocycles. The van der Waals surface area contributed by atoms with Crippen LogP contribution in [0.25, 0.3) is 0 Å². The highest BCUT2D eigenvalue weighted by Crippen LogP contribution is 2.16. The van der Waals surface area contributed by atoms with Crippen molar-refractivity contribution in [2.75, 3.05) is 26.2 Å². The van der Waals surface area contributed by atoms with Crippen LogP contribution in [0.2, 0.25) is 0 Å². The fourth-order valence-corrected chi connectivity index (χ4v) is 2.94. The molecule has 0 aliphatic heterocycles. The van der Waals surface area contributed by atoms with Crippen molar-refractivity contribution in [3.63, 3.8) is 0 Å². The number of carbonyl (C=O) groups excluding carboxylic acids is 2. The van der Waals surface area contributed by atoms with E-state index in [2.05, 4.69) is 0 Å². The van der Waals surface area contributed by atoms with Gasteiger partial charge in [-0.15, -0.1) is 0 Å². The van der Waals surface area contributed by atoms with Crippen LogP contribution in [0.5, 0.6) is 11.5 Å². The Bertz CT molecular complexity index is 718. The lowest BCUT2D eigenvalue weighted by Crippen LogP contribution is -2.30. The molecule has 0 unspecified atom stereocenters. The Morgan fingerprint density at radius 2 is 0.966 bits per heavy atom. The molecule has 6 nitrogen and oxygen atoms in total. The van der Waals surface area contributed by atoms with Crippen molar-refractivity contribution in [3.05, 3.63) is 59.7 Å². The highest BCUT2D eigenvalue weighted by molar-refractivity contribution is 6.20. The van der Waals surface area contributed by atoms with Gasteiger partial charge in [0, 0.05) is 37.3 Å². The number of carbonyl (C=O) groups is 2. The second-order valence-corrected chi connectivity index (χ2v) is 6.41. The van der Waals surface area contributed by atoms with E-state index in [0.717, 1.165) is 0 Å². The zero-order valence-corrected chi connectivity index (χ0v) is 17.7. The molecule has 0 N–H and O–H groups in total. The third kappa shape index (κ3) is 6.01. The first kappa shape index (κ1) is 22.3. The summed E-state index contributed by atoms with van der Waals surface area (Å²) in [7, 11) is 0.0344. The van der Waals surface area contributed by atoms with Gasteiger partial charge in [0.2, 0.25) is 0 Å². The smallest absolute Gasteiger partial charge is 0.529 e. The lowest BCUT2D eigenvalue weighted by atomic mass is 10.1. The molecule has 0 heterocycles. The van der Waals surface area contributed by atoms with Gasteiger partial charge in [0.25, 0.3) is 11.8 Å². The van der Waals surface area contributed by atoms with Crippen LogP contribution in [0.15, 0.2) is 48.5 Å². The summed E-state index contributed by atoms with van der Waals surface area (Å²) in [5.74, 6) is 1.26. The molecule has 2 amide bonds. The predicted octanol–water partition coefficient (Wildman–Crippen LogP) is 3.37. The van der Waals surface area contributed by atoms with E-state index in [-0.39, 0.29) is 19.5 Å². The highest BCUT2D eigenvalue weighted by atomic mass is 16.6. The largest absolute Gasteiger partial charge is 0.576 e. The topological polar surface area (TPSA) is 59.1 Å². The first-order chi connectivity index (χ1) is 14.0. The number of nitrogens with zero attached hydrogens (tertiary/aromatic N) is 2. The Morgan fingerprint density at radius 3 is 1.24 bits per heavy atom.